The first-order valence-electron chi connectivity index (χ1n) is 5.88. The molecule has 1 aromatic rings. The molecular formula is C13H20N2O. The maximum Gasteiger partial charge on any atom is 0.121 e. The largest absolute Gasteiger partial charge is 0.494 e. The Morgan fingerprint density at radius 1 is 1.44 bits per heavy atom. The summed E-state index contributed by atoms with van der Waals surface area (Å²) in [6.45, 7) is 7.08. The molecule has 1 atom stereocenters. The zero-order valence-corrected chi connectivity index (χ0v) is 10.3. The normalized spacial score (nSPS) is 21.4. The van der Waals surface area contributed by atoms with Crippen molar-refractivity contribution >= 4 is 5.69 Å². The van der Waals surface area contributed by atoms with Crippen LogP contribution in [-0.4, -0.2) is 37.8 Å². The lowest BCUT2D eigenvalue weighted by Crippen LogP contribution is -2.23. The maximum absolute atomic E-state index is 5.52. The van der Waals surface area contributed by atoms with E-state index in [2.05, 4.69) is 42.0 Å². The molecule has 16 heavy (non-hydrogen) atoms. The fourth-order valence-electron chi connectivity index (χ4n) is 2.05. The summed E-state index contributed by atoms with van der Waals surface area (Å²) in [7, 11) is 2.16. The Balaban J connectivity index is 2.12. The third kappa shape index (κ3) is 2.30. The summed E-state index contributed by atoms with van der Waals surface area (Å²) >= 11 is 0. The SMILES string of the molecule is CCOc1cccc(N2CC(C)N(C)C2)c1. The van der Waals surface area contributed by atoms with Crippen LogP contribution in [0.25, 0.3) is 0 Å². The summed E-state index contributed by atoms with van der Waals surface area (Å²) < 4.78 is 5.52. The first-order chi connectivity index (χ1) is 7.70. The van der Waals surface area contributed by atoms with Crippen molar-refractivity contribution in [2.45, 2.75) is 19.9 Å². The average Bonchev–Trinajstić information content (AvgIpc) is 2.60. The van der Waals surface area contributed by atoms with Crippen molar-refractivity contribution in [1.82, 2.24) is 4.90 Å². The molecule has 2 rings (SSSR count). The van der Waals surface area contributed by atoms with Crippen LogP contribution in [0, 0.1) is 0 Å². The van der Waals surface area contributed by atoms with Crippen LogP contribution in [0.2, 0.25) is 0 Å². The number of hydrogen-bond donors (Lipinski definition) is 0. The minimum atomic E-state index is 0.621. The number of hydrogen-bond acceptors (Lipinski definition) is 3. The van der Waals surface area contributed by atoms with Crippen molar-refractivity contribution in [3.63, 3.8) is 0 Å². The second-order valence-electron chi connectivity index (χ2n) is 4.40. The van der Waals surface area contributed by atoms with E-state index in [1.807, 2.05) is 13.0 Å². The Hall–Kier alpha value is -1.22. The van der Waals surface area contributed by atoms with Gasteiger partial charge in [-0.1, -0.05) is 6.07 Å². The summed E-state index contributed by atoms with van der Waals surface area (Å²) in [6.07, 6.45) is 0. The van der Waals surface area contributed by atoms with E-state index in [9.17, 15) is 0 Å². The van der Waals surface area contributed by atoms with Crippen LogP contribution in [-0.2, 0) is 0 Å². The summed E-state index contributed by atoms with van der Waals surface area (Å²) in [5.41, 5.74) is 1.25. The van der Waals surface area contributed by atoms with Crippen LogP contribution in [0.4, 0.5) is 5.69 Å². The van der Waals surface area contributed by atoms with E-state index in [-0.39, 0.29) is 0 Å². The number of likely N-dealkylation sites (N-methyl/N-ethyl adjacent to an activating group) is 1. The first kappa shape index (κ1) is 11.3. The molecule has 0 radical (unpaired) electrons. The van der Waals surface area contributed by atoms with Gasteiger partial charge in [0.2, 0.25) is 0 Å². The first-order valence-corrected chi connectivity index (χ1v) is 5.88. The molecular weight excluding hydrogens is 200 g/mol. The van der Waals surface area contributed by atoms with Gasteiger partial charge in [0.1, 0.15) is 5.75 Å². The third-order valence-electron chi connectivity index (χ3n) is 3.12. The van der Waals surface area contributed by atoms with E-state index in [4.69, 9.17) is 4.74 Å². The molecule has 0 aliphatic carbocycles. The molecule has 1 saturated heterocycles. The Morgan fingerprint density at radius 2 is 2.25 bits per heavy atom. The summed E-state index contributed by atoms with van der Waals surface area (Å²) in [6, 6.07) is 8.96. The number of rotatable bonds is 3. The van der Waals surface area contributed by atoms with Gasteiger partial charge in [-0.2, -0.15) is 0 Å². The predicted octanol–water partition coefficient (Wildman–Crippen LogP) is 2.18. The number of anilines is 1. The monoisotopic (exact) mass is 220 g/mol. The van der Waals surface area contributed by atoms with Gasteiger partial charge in [0.25, 0.3) is 0 Å². The molecule has 1 fully saturated rings. The second kappa shape index (κ2) is 4.74. The van der Waals surface area contributed by atoms with Gasteiger partial charge in [-0.3, -0.25) is 4.90 Å². The van der Waals surface area contributed by atoms with E-state index < -0.39 is 0 Å². The number of benzene rings is 1. The van der Waals surface area contributed by atoms with Crippen molar-refractivity contribution in [1.29, 1.82) is 0 Å². The van der Waals surface area contributed by atoms with E-state index in [0.717, 1.165) is 25.6 Å². The van der Waals surface area contributed by atoms with Gasteiger partial charge < -0.3 is 9.64 Å². The lowest BCUT2D eigenvalue weighted by molar-refractivity contribution is 0.337. The van der Waals surface area contributed by atoms with Crippen molar-refractivity contribution in [3.8, 4) is 5.75 Å². The second-order valence-corrected chi connectivity index (χ2v) is 4.40. The minimum absolute atomic E-state index is 0.621. The number of nitrogens with zero attached hydrogens (tertiary/aromatic N) is 2. The molecule has 3 nitrogen and oxygen atoms in total. The standard InChI is InChI=1S/C13H20N2O/c1-4-16-13-7-5-6-12(8-13)15-9-11(2)14(3)10-15/h5-8,11H,4,9-10H2,1-3H3. The summed E-state index contributed by atoms with van der Waals surface area (Å²) in [4.78, 5) is 4.74. The fraction of sp³-hybridized carbons (Fsp3) is 0.538. The van der Waals surface area contributed by atoms with Gasteiger partial charge >= 0.3 is 0 Å². The maximum atomic E-state index is 5.52. The molecule has 0 amide bonds. The Kier molecular flexibility index (Phi) is 3.34. The predicted molar refractivity (Wildman–Crippen MR) is 67.0 cm³/mol. The Morgan fingerprint density at radius 3 is 2.88 bits per heavy atom. The van der Waals surface area contributed by atoms with E-state index >= 15 is 0 Å². The molecule has 0 aromatic heterocycles. The topological polar surface area (TPSA) is 15.7 Å². The fourth-order valence-corrected chi connectivity index (χ4v) is 2.05. The highest BCUT2D eigenvalue weighted by atomic mass is 16.5. The molecule has 0 saturated carbocycles. The van der Waals surface area contributed by atoms with Crippen molar-refractivity contribution in [2.24, 2.45) is 0 Å². The van der Waals surface area contributed by atoms with E-state index in [1.165, 1.54) is 5.69 Å². The van der Waals surface area contributed by atoms with E-state index in [1.54, 1.807) is 0 Å². The molecule has 1 heterocycles. The van der Waals surface area contributed by atoms with Crippen LogP contribution >= 0.6 is 0 Å². The van der Waals surface area contributed by atoms with Crippen molar-refractivity contribution in [3.05, 3.63) is 24.3 Å². The third-order valence-corrected chi connectivity index (χ3v) is 3.12. The van der Waals surface area contributed by atoms with E-state index in [0.29, 0.717) is 6.04 Å². The van der Waals surface area contributed by atoms with Crippen molar-refractivity contribution < 1.29 is 4.74 Å². The summed E-state index contributed by atoms with van der Waals surface area (Å²) in [5.74, 6) is 0.960. The quantitative estimate of drug-likeness (QED) is 0.776. The zero-order valence-electron chi connectivity index (χ0n) is 10.3. The molecule has 0 spiro atoms. The number of ether oxygens (including phenoxy) is 1. The van der Waals surface area contributed by atoms with Crippen LogP contribution in [0.1, 0.15) is 13.8 Å². The molecule has 0 N–H and O–H groups in total. The molecule has 1 aromatic carbocycles. The highest BCUT2D eigenvalue weighted by molar-refractivity contribution is 5.51. The van der Waals surface area contributed by atoms with Gasteiger partial charge in [0.05, 0.1) is 13.3 Å². The lowest BCUT2D eigenvalue weighted by Gasteiger charge is -2.18. The minimum Gasteiger partial charge on any atom is -0.494 e. The van der Waals surface area contributed by atoms with Gasteiger partial charge in [0, 0.05) is 24.3 Å². The molecule has 0 bridgehead atoms. The summed E-state index contributed by atoms with van der Waals surface area (Å²) in [5, 5.41) is 0. The molecule has 88 valence electrons. The van der Waals surface area contributed by atoms with Gasteiger partial charge in [-0.15, -0.1) is 0 Å². The van der Waals surface area contributed by atoms with Crippen LogP contribution in [0.15, 0.2) is 24.3 Å². The average molecular weight is 220 g/mol. The van der Waals surface area contributed by atoms with Gasteiger partial charge in [-0.05, 0) is 33.0 Å². The van der Waals surface area contributed by atoms with Crippen molar-refractivity contribution in [2.75, 3.05) is 31.8 Å². The highest BCUT2D eigenvalue weighted by Gasteiger charge is 2.23. The van der Waals surface area contributed by atoms with Crippen LogP contribution in [0.3, 0.4) is 0 Å². The smallest absolute Gasteiger partial charge is 0.121 e. The molecule has 1 aliphatic heterocycles. The highest BCUT2D eigenvalue weighted by Crippen LogP contribution is 2.24. The van der Waals surface area contributed by atoms with Crippen LogP contribution < -0.4 is 9.64 Å². The molecule has 1 aliphatic rings. The molecule has 1 unspecified atom stereocenters. The van der Waals surface area contributed by atoms with Gasteiger partial charge in [-0.25, -0.2) is 0 Å². The Labute approximate surface area is 97.6 Å². The van der Waals surface area contributed by atoms with Crippen LogP contribution in [0.5, 0.6) is 5.75 Å². The molecule has 3 heteroatoms. The Bertz CT molecular complexity index is 344. The zero-order chi connectivity index (χ0) is 11.5. The lowest BCUT2D eigenvalue weighted by atomic mass is 10.2. The van der Waals surface area contributed by atoms with Gasteiger partial charge in [0.15, 0.2) is 0 Å².